The van der Waals surface area contributed by atoms with Gasteiger partial charge in [0.15, 0.2) is 0 Å². The Kier molecular flexibility index (Phi) is 5.08. The van der Waals surface area contributed by atoms with Crippen LogP contribution >= 0.6 is 0 Å². The Morgan fingerprint density at radius 1 is 0.630 bits per heavy atom. The van der Waals surface area contributed by atoms with Crippen LogP contribution in [0.4, 0.5) is 0 Å². The van der Waals surface area contributed by atoms with Gasteiger partial charge in [0.25, 0.3) is 0 Å². The fourth-order valence-corrected chi connectivity index (χ4v) is 4.64. The van der Waals surface area contributed by atoms with Crippen molar-refractivity contribution < 1.29 is 0 Å². The number of rotatable bonds is 8. The number of hydrogen-bond donors (Lipinski definition) is 0. The van der Waals surface area contributed by atoms with Gasteiger partial charge in [0, 0.05) is 0 Å². The van der Waals surface area contributed by atoms with Crippen LogP contribution in [0.1, 0.15) is 71.3 Å². The van der Waals surface area contributed by atoms with E-state index < -0.39 is 0 Å². The van der Waals surface area contributed by atoms with Crippen molar-refractivity contribution >= 4 is 32.3 Å². The van der Waals surface area contributed by atoms with Gasteiger partial charge in [0.05, 0.1) is 0 Å². The molecule has 4 aromatic carbocycles. The molecule has 0 N–H and O–H groups in total. The summed E-state index contributed by atoms with van der Waals surface area (Å²) in [6.07, 6.45) is 9.49. The fraction of sp³-hybridized carbons (Fsp3) is 0.407. The Balaban J connectivity index is 1.64. The van der Waals surface area contributed by atoms with Crippen molar-refractivity contribution in [1.82, 2.24) is 0 Å². The Labute approximate surface area is 163 Å². The quantitative estimate of drug-likeness (QED) is 0.219. The summed E-state index contributed by atoms with van der Waals surface area (Å²) in [5, 5.41) is 8.34. The SMILES string of the molecule is CCCCCCCCC(C)(C)c1cc2ccc3cccc4ccc(c1)c2c34. The standard InChI is InChI=1S/C27H32/c1-4-5-6-7-8-9-17-27(2,3)24-18-22-15-13-20-11-10-12-21-14-16-23(19-24)26(22)25(20)21/h10-16,18-19H,4-9,17H2,1-3H3. The van der Waals surface area contributed by atoms with Gasteiger partial charge in [-0.25, -0.2) is 0 Å². The molecule has 0 heteroatoms. The average Bonchev–Trinajstić information content (AvgIpc) is 2.68. The van der Waals surface area contributed by atoms with E-state index in [1.54, 1.807) is 0 Å². The van der Waals surface area contributed by atoms with Crippen LogP contribution in [0, 0.1) is 0 Å². The maximum Gasteiger partial charge on any atom is -0.00266 e. The number of unbranched alkanes of at least 4 members (excludes halogenated alkanes) is 5. The minimum atomic E-state index is 0.231. The summed E-state index contributed by atoms with van der Waals surface area (Å²) in [5.41, 5.74) is 1.72. The van der Waals surface area contributed by atoms with E-state index in [-0.39, 0.29) is 5.41 Å². The zero-order valence-corrected chi connectivity index (χ0v) is 17.1. The van der Waals surface area contributed by atoms with E-state index in [0.29, 0.717) is 0 Å². The van der Waals surface area contributed by atoms with Crippen LogP contribution in [0.5, 0.6) is 0 Å². The normalized spacial score (nSPS) is 12.6. The molecule has 140 valence electrons. The molecule has 0 heterocycles. The fourth-order valence-electron chi connectivity index (χ4n) is 4.64. The minimum Gasteiger partial charge on any atom is -0.0654 e. The third kappa shape index (κ3) is 3.55. The van der Waals surface area contributed by atoms with E-state index in [2.05, 4.69) is 75.4 Å². The van der Waals surface area contributed by atoms with Crippen molar-refractivity contribution in [2.75, 3.05) is 0 Å². The molecule has 0 amide bonds. The summed E-state index contributed by atoms with van der Waals surface area (Å²) in [5.74, 6) is 0. The van der Waals surface area contributed by atoms with Crippen LogP contribution in [-0.4, -0.2) is 0 Å². The molecule has 4 aromatic rings. The Morgan fingerprint density at radius 3 is 1.78 bits per heavy atom. The molecule has 0 saturated heterocycles. The zero-order chi connectivity index (χ0) is 18.9. The van der Waals surface area contributed by atoms with Crippen molar-refractivity contribution in [3.05, 3.63) is 60.2 Å². The van der Waals surface area contributed by atoms with Crippen molar-refractivity contribution in [2.24, 2.45) is 0 Å². The third-order valence-corrected chi connectivity index (χ3v) is 6.40. The highest BCUT2D eigenvalue weighted by Crippen LogP contribution is 2.38. The average molecular weight is 357 g/mol. The second-order valence-electron chi connectivity index (χ2n) is 8.91. The topological polar surface area (TPSA) is 0 Å². The molecule has 0 aliphatic heterocycles. The first-order valence-corrected chi connectivity index (χ1v) is 10.8. The van der Waals surface area contributed by atoms with Gasteiger partial charge in [-0.2, -0.15) is 0 Å². The summed E-state index contributed by atoms with van der Waals surface area (Å²) >= 11 is 0. The minimum absolute atomic E-state index is 0.231. The molecule has 0 radical (unpaired) electrons. The summed E-state index contributed by atoms with van der Waals surface area (Å²) in [6, 6.07) is 20.7. The van der Waals surface area contributed by atoms with Crippen molar-refractivity contribution in [3.8, 4) is 0 Å². The highest BCUT2D eigenvalue weighted by Gasteiger charge is 2.21. The van der Waals surface area contributed by atoms with Crippen LogP contribution in [0.2, 0.25) is 0 Å². The summed E-state index contributed by atoms with van der Waals surface area (Å²) in [6.45, 7) is 7.13. The second-order valence-corrected chi connectivity index (χ2v) is 8.91. The van der Waals surface area contributed by atoms with E-state index in [4.69, 9.17) is 0 Å². The first-order valence-electron chi connectivity index (χ1n) is 10.8. The molecule has 0 saturated carbocycles. The van der Waals surface area contributed by atoms with Crippen molar-refractivity contribution in [3.63, 3.8) is 0 Å². The van der Waals surface area contributed by atoms with E-state index in [1.165, 1.54) is 82.8 Å². The lowest BCUT2D eigenvalue weighted by molar-refractivity contribution is 0.443. The Morgan fingerprint density at radius 2 is 1.15 bits per heavy atom. The van der Waals surface area contributed by atoms with Gasteiger partial charge in [0.1, 0.15) is 0 Å². The molecule has 4 rings (SSSR count). The lowest BCUT2D eigenvalue weighted by atomic mass is 9.78. The van der Waals surface area contributed by atoms with Crippen LogP contribution in [-0.2, 0) is 5.41 Å². The van der Waals surface area contributed by atoms with Crippen molar-refractivity contribution in [1.29, 1.82) is 0 Å². The molecular formula is C27H32. The van der Waals surface area contributed by atoms with Crippen molar-refractivity contribution in [2.45, 2.75) is 71.1 Å². The maximum atomic E-state index is 2.45. The van der Waals surface area contributed by atoms with Gasteiger partial charge in [-0.3, -0.25) is 0 Å². The van der Waals surface area contributed by atoms with Gasteiger partial charge in [-0.1, -0.05) is 114 Å². The molecule has 0 fully saturated rings. The van der Waals surface area contributed by atoms with E-state index in [1.807, 2.05) is 0 Å². The highest BCUT2D eigenvalue weighted by atomic mass is 14.3. The second kappa shape index (κ2) is 7.50. The van der Waals surface area contributed by atoms with Crippen LogP contribution in [0.15, 0.2) is 54.6 Å². The lowest BCUT2D eigenvalue weighted by Gasteiger charge is -2.27. The van der Waals surface area contributed by atoms with Gasteiger partial charge in [-0.05, 0) is 49.7 Å². The number of benzene rings is 4. The molecule has 0 atom stereocenters. The van der Waals surface area contributed by atoms with E-state index >= 15 is 0 Å². The first-order chi connectivity index (χ1) is 13.1. The van der Waals surface area contributed by atoms with Crippen LogP contribution in [0.25, 0.3) is 32.3 Å². The Hall–Kier alpha value is -2.08. The zero-order valence-electron chi connectivity index (χ0n) is 17.1. The van der Waals surface area contributed by atoms with Crippen LogP contribution < -0.4 is 0 Å². The van der Waals surface area contributed by atoms with Gasteiger partial charge in [0.2, 0.25) is 0 Å². The molecule has 0 nitrogen and oxygen atoms in total. The maximum absolute atomic E-state index is 2.45. The predicted octanol–water partition coefficient (Wildman–Crippen LogP) is 8.61. The monoisotopic (exact) mass is 356 g/mol. The van der Waals surface area contributed by atoms with Gasteiger partial charge >= 0.3 is 0 Å². The number of hydrogen-bond acceptors (Lipinski definition) is 0. The largest absolute Gasteiger partial charge is 0.0654 e. The molecule has 0 aliphatic rings. The molecule has 0 spiro atoms. The van der Waals surface area contributed by atoms with E-state index in [9.17, 15) is 0 Å². The molecular weight excluding hydrogens is 324 g/mol. The smallest absolute Gasteiger partial charge is 0.00266 e. The van der Waals surface area contributed by atoms with E-state index in [0.717, 1.165) is 0 Å². The summed E-state index contributed by atoms with van der Waals surface area (Å²) < 4.78 is 0. The lowest BCUT2D eigenvalue weighted by Crippen LogP contribution is -2.17. The third-order valence-electron chi connectivity index (χ3n) is 6.40. The highest BCUT2D eigenvalue weighted by molar-refractivity contribution is 6.23. The Bertz CT molecular complexity index is 974. The van der Waals surface area contributed by atoms with Crippen LogP contribution in [0.3, 0.4) is 0 Å². The summed E-state index contributed by atoms with van der Waals surface area (Å²) in [4.78, 5) is 0. The first kappa shape index (κ1) is 18.3. The molecule has 0 aliphatic carbocycles. The molecule has 0 aromatic heterocycles. The molecule has 0 bridgehead atoms. The van der Waals surface area contributed by atoms with Gasteiger partial charge in [-0.15, -0.1) is 0 Å². The summed E-state index contributed by atoms with van der Waals surface area (Å²) in [7, 11) is 0. The molecule has 0 unspecified atom stereocenters. The predicted molar refractivity (Wildman–Crippen MR) is 121 cm³/mol. The van der Waals surface area contributed by atoms with Gasteiger partial charge < -0.3 is 0 Å². The molecule has 27 heavy (non-hydrogen) atoms.